The fourth-order valence-corrected chi connectivity index (χ4v) is 3.30. The molecule has 1 radical (unpaired) electrons. The van der Waals surface area contributed by atoms with Gasteiger partial charge in [0.25, 0.3) is 0 Å². The first-order valence-electron chi connectivity index (χ1n) is 5.17. The Bertz CT molecular complexity index is 266. The fraction of sp³-hybridized carbons (Fsp3) is 0.583. The summed E-state index contributed by atoms with van der Waals surface area (Å²) >= 11 is 0. The molecule has 0 aromatic carbocycles. The van der Waals surface area contributed by atoms with Gasteiger partial charge in [0, 0.05) is 12.5 Å². The van der Waals surface area contributed by atoms with Gasteiger partial charge in [-0.1, -0.05) is 24.3 Å². The van der Waals surface area contributed by atoms with Gasteiger partial charge >= 0.3 is 0 Å². The summed E-state index contributed by atoms with van der Waals surface area (Å²) in [5.41, 5.74) is 0. The van der Waals surface area contributed by atoms with E-state index in [-0.39, 0.29) is 0 Å². The zero-order chi connectivity index (χ0) is 8.84. The van der Waals surface area contributed by atoms with Crippen LogP contribution in [-0.4, -0.2) is 12.7 Å². The predicted octanol–water partition coefficient (Wildman–Crippen LogP) is 2.21. The van der Waals surface area contributed by atoms with Crippen LogP contribution in [-0.2, 0) is 4.74 Å². The molecule has 1 nitrogen and oxygen atoms in total. The van der Waals surface area contributed by atoms with Gasteiger partial charge in [-0.3, -0.25) is 0 Å². The summed E-state index contributed by atoms with van der Waals surface area (Å²) in [5.74, 6) is 3.09. The number of ether oxygens (including phenoxy) is 1. The first-order valence-corrected chi connectivity index (χ1v) is 5.17. The zero-order valence-corrected chi connectivity index (χ0v) is 7.73. The van der Waals surface area contributed by atoms with Gasteiger partial charge in [0.2, 0.25) is 0 Å². The first-order chi connectivity index (χ1) is 6.40. The molecule has 3 rings (SSSR count). The first kappa shape index (κ1) is 7.81. The largest absolute Gasteiger partial charge is 0.374 e. The third kappa shape index (κ3) is 0.969. The molecule has 0 saturated heterocycles. The fourth-order valence-electron chi connectivity index (χ4n) is 3.30. The molecule has 3 aliphatic rings. The maximum Gasteiger partial charge on any atom is 0.0795 e. The molecule has 5 unspecified atom stereocenters. The van der Waals surface area contributed by atoms with Crippen LogP contribution in [0.2, 0.25) is 0 Å². The van der Waals surface area contributed by atoms with Gasteiger partial charge in [0.05, 0.1) is 6.10 Å². The van der Waals surface area contributed by atoms with Crippen LogP contribution in [0.5, 0.6) is 0 Å². The topological polar surface area (TPSA) is 9.23 Å². The Balaban J connectivity index is 1.83. The van der Waals surface area contributed by atoms with Crippen molar-refractivity contribution in [3.05, 3.63) is 31.2 Å². The SMILES string of the molecule is [CH2]COC1C=CC2C3C=CC(C3)C12. The van der Waals surface area contributed by atoms with E-state index < -0.39 is 0 Å². The van der Waals surface area contributed by atoms with Crippen molar-refractivity contribution in [3.63, 3.8) is 0 Å². The number of fused-ring (bicyclic) bond motifs is 5. The van der Waals surface area contributed by atoms with Crippen molar-refractivity contribution in [2.24, 2.45) is 23.7 Å². The van der Waals surface area contributed by atoms with Crippen molar-refractivity contribution in [2.75, 3.05) is 6.61 Å². The summed E-state index contributed by atoms with van der Waals surface area (Å²) in [6.45, 7) is 4.35. The van der Waals surface area contributed by atoms with Crippen LogP contribution in [0.1, 0.15) is 6.42 Å². The minimum absolute atomic E-state index is 0.349. The van der Waals surface area contributed by atoms with Gasteiger partial charge in [-0.2, -0.15) is 0 Å². The Labute approximate surface area is 79.5 Å². The molecule has 0 N–H and O–H groups in total. The van der Waals surface area contributed by atoms with Crippen molar-refractivity contribution in [1.29, 1.82) is 0 Å². The van der Waals surface area contributed by atoms with Crippen molar-refractivity contribution < 1.29 is 4.74 Å². The molecule has 0 aliphatic heterocycles. The van der Waals surface area contributed by atoms with Crippen molar-refractivity contribution >= 4 is 0 Å². The summed E-state index contributed by atoms with van der Waals surface area (Å²) in [6, 6.07) is 0. The Morgan fingerprint density at radius 3 is 2.85 bits per heavy atom. The molecule has 69 valence electrons. The molecule has 0 aromatic heterocycles. The van der Waals surface area contributed by atoms with E-state index in [4.69, 9.17) is 4.74 Å². The van der Waals surface area contributed by atoms with E-state index in [0.717, 1.165) is 23.7 Å². The quantitative estimate of drug-likeness (QED) is 0.585. The molecule has 0 amide bonds. The van der Waals surface area contributed by atoms with Crippen LogP contribution in [0.15, 0.2) is 24.3 Å². The molecule has 0 spiro atoms. The lowest BCUT2D eigenvalue weighted by Gasteiger charge is -2.25. The predicted molar refractivity (Wildman–Crippen MR) is 52.0 cm³/mol. The monoisotopic (exact) mass is 175 g/mol. The average Bonchev–Trinajstić information content (AvgIpc) is 2.74. The van der Waals surface area contributed by atoms with E-state index in [1.54, 1.807) is 0 Å². The van der Waals surface area contributed by atoms with Crippen LogP contribution in [0.3, 0.4) is 0 Å². The smallest absolute Gasteiger partial charge is 0.0795 e. The summed E-state index contributed by atoms with van der Waals surface area (Å²) in [4.78, 5) is 0. The van der Waals surface area contributed by atoms with Crippen molar-refractivity contribution in [1.82, 2.24) is 0 Å². The maximum atomic E-state index is 5.64. The highest BCUT2D eigenvalue weighted by Gasteiger charge is 2.48. The van der Waals surface area contributed by atoms with E-state index in [0.29, 0.717) is 12.7 Å². The minimum atomic E-state index is 0.349. The number of rotatable bonds is 2. The average molecular weight is 175 g/mol. The van der Waals surface area contributed by atoms with Crippen LogP contribution in [0.4, 0.5) is 0 Å². The maximum absolute atomic E-state index is 5.64. The Kier molecular flexibility index (Phi) is 1.63. The second-order valence-corrected chi connectivity index (χ2v) is 4.32. The lowest BCUT2D eigenvalue weighted by atomic mass is 9.84. The lowest BCUT2D eigenvalue weighted by molar-refractivity contribution is 0.0521. The molecule has 1 heteroatoms. The lowest BCUT2D eigenvalue weighted by Crippen LogP contribution is -2.26. The molecular formula is C12H15O. The Morgan fingerprint density at radius 2 is 2.00 bits per heavy atom. The van der Waals surface area contributed by atoms with Gasteiger partial charge in [-0.15, -0.1) is 0 Å². The Morgan fingerprint density at radius 1 is 1.15 bits per heavy atom. The summed E-state index contributed by atoms with van der Waals surface area (Å²) in [6.07, 6.45) is 11.1. The van der Waals surface area contributed by atoms with E-state index in [2.05, 4.69) is 31.2 Å². The van der Waals surface area contributed by atoms with Gasteiger partial charge in [-0.25, -0.2) is 0 Å². The standard InChI is InChI=1S/C12H15O/c1-2-13-11-6-5-10-8-3-4-9(7-8)12(10)11/h3-6,8-12H,1-2,7H2. The molecular weight excluding hydrogens is 160 g/mol. The van der Waals surface area contributed by atoms with Crippen LogP contribution < -0.4 is 0 Å². The van der Waals surface area contributed by atoms with Crippen LogP contribution in [0, 0.1) is 30.6 Å². The second kappa shape index (κ2) is 2.71. The van der Waals surface area contributed by atoms with Crippen LogP contribution in [0.25, 0.3) is 0 Å². The Hall–Kier alpha value is -0.560. The van der Waals surface area contributed by atoms with Gasteiger partial charge in [0.1, 0.15) is 0 Å². The third-order valence-electron chi connectivity index (χ3n) is 3.80. The number of allylic oxidation sites excluding steroid dienone is 3. The summed E-state index contributed by atoms with van der Waals surface area (Å²) in [7, 11) is 0. The molecule has 5 atom stereocenters. The molecule has 1 saturated carbocycles. The van der Waals surface area contributed by atoms with Crippen molar-refractivity contribution in [3.8, 4) is 0 Å². The van der Waals surface area contributed by atoms with E-state index in [1.165, 1.54) is 6.42 Å². The molecule has 3 aliphatic carbocycles. The van der Waals surface area contributed by atoms with Gasteiger partial charge in [0.15, 0.2) is 0 Å². The van der Waals surface area contributed by atoms with Gasteiger partial charge < -0.3 is 4.74 Å². The highest BCUT2D eigenvalue weighted by atomic mass is 16.5. The normalized spacial score (nSPS) is 50.4. The van der Waals surface area contributed by atoms with E-state index >= 15 is 0 Å². The van der Waals surface area contributed by atoms with Gasteiger partial charge in [-0.05, 0) is 31.1 Å². The molecule has 0 heterocycles. The van der Waals surface area contributed by atoms with E-state index in [1.807, 2.05) is 0 Å². The molecule has 1 fully saturated rings. The summed E-state index contributed by atoms with van der Waals surface area (Å²) < 4.78 is 5.64. The highest BCUT2D eigenvalue weighted by Crippen LogP contribution is 2.53. The van der Waals surface area contributed by atoms with E-state index in [9.17, 15) is 0 Å². The second-order valence-electron chi connectivity index (χ2n) is 4.32. The molecule has 13 heavy (non-hydrogen) atoms. The minimum Gasteiger partial charge on any atom is -0.374 e. The summed E-state index contributed by atoms with van der Waals surface area (Å²) in [5, 5.41) is 0. The zero-order valence-electron chi connectivity index (χ0n) is 7.73. The molecule has 0 aromatic rings. The third-order valence-corrected chi connectivity index (χ3v) is 3.80. The molecule has 2 bridgehead atoms. The number of hydrogen-bond donors (Lipinski definition) is 0. The number of hydrogen-bond acceptors (Lipinski definition) is 1. The van der Waals surface area contributed by atoms with Crippen LogP contribution >= 0.6 is 0 Å². The highest BCUT2D eigenvalue weighted by molar-refractivity contribution is 5.24. The van der Waals surface area contributed by atoms with Crippen molar-refractivity contribution in [2.45, 2.75) is 12.5 Å².